The number of amides is 1. The smallest absolute Gasteiger partial charge is 0.286 e. The molecule has 1 saturated heterocycles. The Bertz CT molecular complexity index is 466. The molecule has 102 valence electrons. The first-order chi connectivity index (χ1) is 9.11. The van der Waals surface area contributed by atoms with Crippen molar-refractivity contribution < 1.29 is 9.69 Å². The van der Waals surface area contributed by atoms with E-state index >= 15 is 0 Å². The van der Waals surface area contributed by atoms with E-state index in [2.05, 4.69) is 16.0 Å². The lowest BCUT2D eigenvalue weighted by Gasteiger charge is -2.32. The van der Waals surface area contributed by atoms with Gasteiger partial charge in [-0.1, -0.05) is 5.57 Å². The summed E-state index contributed by atoms with van der Waals surface area (Å²) in [6.45, 7) is 8.67. The summed E-state index contributed by atoms with van der Waals surface area (Å²) in [6, 6.07) is 2.19. The predicted octanol–water partition coefficient (Wildman–Crippen LogP) is 0.0239. The minimum Gasteiger partial charge on any atom is -0.339 e. The lowest BCUT2D eigenvalue weighted by molar-refractivity contribution is -0.903. The summed E-state index contributed by atoms with van der Waals surface area (Å²) in [6.07, 6.45) is 0.616. The molecule has 0 aromatic heterocycles. The molecular weight excluding hydrogens is 260 g/mol. The Morgan fingerprint density at radius 3 is 2.68 bits per heavy atom. The summed E-state index contributed by atoms with van der Waals surface area (Å²) < 4.78 is 0. The molecule has 1 amide bonds. The van der Waals surface area contributed by atoms with Crippen molar-refractivity contribution in [2.45, 2.75) is 20.3 Å². The molecule has 0 radical (unpaired) electrons. The fourth-order valence-electron chi connectivity index (χ4n) is 2.24. The topological polar surface area (TPSA) is 60.9 Å². The molecule has 0 aromatic rings. The van der Waals surface area contributed by atoms with E-state index < -0.39 is 0 Å². The van der Waals surface area contributed by atoms with Crippen LogP contribution in [0.15, 0.2) is 15.5 Å². The molecule has 2 rings (SSSR count). The number of amidine groups is 1. The van der Waals surface area contributed by atoms with E-state index in [1.807, 2.05) is 13.8 Å². The van der Waals surface area contributed by atoms with E-state index in [4.69, 9.17) is 5.26 Å². The fraction of sp³-hybridized carbons (Fsp3) is 0.615. The van der Waals surface area contributed by atoms with Crippen molar-refractivity contribution >= 4 is 22.8 Å². The van der Waals surface area contributed by atoms with Crippen molar-refractivity contribution in [1.82, 2.24) is 4.90 Å². The van der Waals surface area contributed by atoms with Crippen LogP contribution in [0, 0.1) is 11.3 Å². The van der Waals surface area contributed by atoms with Crippen molar-refractivity contribution in [1.29, 1.82) is 5.26 Å². The number of rotatable bonds is 2. The molecule has 19 heavy (non-hydrogen) atoms. The average molecular weight is 279 g/mol. The summed E-state index contributed by atoms with van der Waals surface area (Å²) in [4.78, 5) is 20.3. The van der Waals surface area contributed by atoms with Gasteiger partial charge < -0.3 is 9.80 Å². The number of aliphatic imine (C=N–C) groups is 1. The van der Waals surface area contributed by atoms with Crippen LogP contribution in [0.1, 0.15) is 20.3 Å². The SMILES string of the molecule is CC(C)=C1SC(N2CC[NH+](CCC#N)CC2)=NC1=O. The Morgan fingerprint density at radius 1 is 1.47 bits per heavy atom. The minimum absolute atomic E-state index is 0.0979. The highest BCUT2D eigenvalue weighted by molar-refractivity contribution is 8.18. The number of carbonyl (C=O) groups is 1. The molecule has 0 bridgehead atoms. The van der Waals surface area contributed by atoms with Gasteiger partial charge in [-0.25, -0.2) is 0 Å². The first kappa shape index (κ1) is 14.1. The summed E-state index contributed by atoms with van der Waals surface area (Å²) in [5, 5.41) is 9.44. The normalized spacial score (nSPS) is 20.5. The second-order valence-electron chi connectivity index (χ2n) is 5.03. The van der Waals surface area contributed by atoms with Crippen LogP contribution in [0.2, 0.25) is 0 Å². The molecular formula is C13H19N4OS+. The molecule has 1 fully saturated rings. The number of nitriles is 1. The van der Waals surface area contributed by atoms with Crippen LogP contribution >= 0.6 is 11.8 Å². The number of thioether (sulfide) groups is 1. The number of nitrogens with zero attached hydrogens (tertiary/aromatic N) is 3. The number of hydrogen-bond acceptors (Lipinski definition) is 4. The van der Waals surface area contributed by atoms with Gasteiger partial charge in [0.05, 0.1) is 50.1 Å². The van der Waals surface area contributed by atoms with Gasteiger partial charge in [-0.2, -0.15) is 10.3 Å². The molecule has 0 spiro atoms. The maximum atomic E-state index is 11.7. The number of hydrogen-bond donors (Lipinski definition) is 1. The van der Waals surface area contributed by atoms with Gasteiger partial charge in [0.1, 0.15) is 0 Å². The lowest BCUT2D eigenvalue weighted by atomic mass is 10.3. The van der Waals surface area contributed by atoms with Crippen LogP contribution in [0.25, 0.3) is 0 Å². The highest BCUT2D eigenvalue weighted by Gasteiger charge is 2.29. The number of allylic oxidation sites excluding steroid dienone is 1. The first-order valence-corrected chi connectivity index (χ1v) is 7.37. The van der Waals surface area contributed by atoms with Gasteiger partial charge in [0, 0.05) is 0 Å². The van der Waals surface area contributed by atoms with E-state index in [-0.39, 0.29) is 5.91 Å². The molecule has 5 nitrogen and oxygen atoms in total. The van der Waals surface area contributed by atoms with Gasteiger partial charge in [-0.05, 0) is 25.6 Å². The zero-order valence-corrected chi connectivity index (χ0v) is 12.2. The number of piperazine rings is 1. The van der Waals surface area contributed by atoms with Crippen molar-refractivity contribution in [3.05, 3.63) is 10.5 Å². The van der Waals surface area contributed by atoms with Crippen molar-refractivity contribution in [2.24, 2.45) is 4.99 Å². The van der Waals surface area contributed by atoms with Crippen LogP contribution in [-0.2, 0) is 4.79 Å². The van der Waals surface area contributed by atoms with Crippen LogP contribution in [0.5, 0.6) is 0 Å². The third kappa shape index (κ3) is 3.37. The van der Waals surface area contributed by atoms with E-state index in [9.17, 15) is 4.79 Å². The molecule has 6 heteroatoms. The lowest BCUT2D eigenvalue weighted by Crippen LogP contribution is -3.14. The summed E-state index contributed by atoms with van der Waals surface area (Å²) in [7, 11) is 0. The molecule has 0 aromatic carbocycles. The summed E-state index contributed by atoms with van der Waals surface area (Å²) >= 11 is 1.50. The van der Waals surface area contributed by atoms with E-state index in [0.717, 1.165) is 48.4 Å². The Morgan fingerprint density at radius 2 is 2.16 bits per heavy atom. The Hall–Kier alpha value is -1.32. The van der Waals surface area contributed by atoms with Crippen LogP contribution in [-0.4, -0.2) is 48.7 Å². The predicted molar refractivity (Wildman–Crippen MR) is 75.8 cm³/mol. The Kier molecular flexibility index (Phi) is 4.61. The largest absolute Gasteiger partial charge is 0.339 e. The molecule has 0 atom stereocenters. The quantitative estimate of drug-likeness (QED) is 0.724. The van der Waals surface area contributed by atoms with Gasteiger partial charge in [0.2, 0.25) is 0 Å². The third-order valence-electron chi connectivity index (χ3n) is 3.37. The van der Waals surface area contributed by atoms with Gasteiger partial charge in [0.25, 0.3) is 5.91 Å². The second kappa shape index (κ2) is 6.22. The number of quaternary nitrogens is 1. The molecule has 0 aliphatic carbocycles. The Labute approximate surface area is 118 Å². The van der Waals surface area contributed by atoms with Crippen molar-refractivity contribution in [3.8, 4) is 6.07 Å². The summed E-state index contributed by atoms with van der Waals surface area (Å²) in [5.41, 5.74) is 1.03. The number of nitrogens with one attached hydrogen (secondary N) is 1. The number of carbonyl (C=O) groups excluding carboxylic acids is 1. The minimum atomic E-state index is -0.0979. The molecule has 2 aliphatic rings. The average Bonchev–Trinajstić information content (AvgIpc) is 2.79. The molecule has 2 heterocycles. The van der Waals surface area contributed by atoms with Crippen LogP contribution in [0.4, 0.5) is 0 Å². The zero-order chi connectivity index (χ0) is 13.8. The molecule has 0 unspecified atom stereocenters. The highest BCUT2D eigenvalue weighted by Crippen LogP contribution is 2.30. The van der Waals surface area contributed by atoms with E-state index in [0.29, 0.717) is 6.42 Å². The molecule has 1 N–H and O–H groups in total. The maximum Gasteiger partial charge on any atom is 0.286 e. The van der Waals surface area contributed by atoms with Crippen LogP contribution < -0.4 is 4.90 Å². The monoisotopic (exact) mass is 279 g/mol. The van der Waals surface area contributed by atoms with Gasteiger partial charge in [0.15, 0.2) is 5.17 Å². The highest BCUT2D eigenvalue weighted by atomic mass is 32.2. The van der Waals surface area contributed by atoms with Crippen molar-refractivity contribution in [2.75, 3.05) is 32.7 Å². The fourth-order valence-corrected chi connectivity index (χ4v) is 3.20. The maximum absolute atomic E-state index is 11.7. The molecule has 0 saturated carbocycles. The first-order valence-electron chi connectivity index (χ1n) is 6.55. The zero-order valence-electron chi connectivity index (χ0n) is 11.4. The summed E-state index contributed by atoms with van der Waals surface area (Å²) in [5.74, 6) is -0.0979. The van der Waals surface area contributed by atoms with E-state index in [1.165, 1.54) is 16.7 Å². The third-order valence-corrected chi connectivity index (χ3v) is 4.69. The van der Waals surface area contributed by atoms with Crippen LogP contribution in [0.3, 0.4) is 0 Å². The van der Waals surface area contributed by atoms with Gasteiger partial charge >= 0.3 is 0 Å². The van der Waals surface area contributed by atoms with E-state index in [1.54, 1.807) is 0 Å². The van der Waals surface area contributed by atoms with Crippen molar-refractivity contribution in [3.63, 3.8) is 0 Å². The Balaban J connectivity index is 1.90. The second-order valence-corrected chi connectivity index (χ2v) is 6.00. The standard InChI is InChI=1S/C13H18N4OS/c1-10(2)11-12(18)15-13(19-11)17-8-6-16(7-9-17)5-3-4-14/h3,5-9H2,1-2H3/p+1. The van der Waals surface area contributed by atoms with Gasteiger partial charge in [-0.15, -0.1) is 0 Å². The van der Waals surface area contributed by atoms with Gasteiger partial charge in [-0.3, -0.25) is 4.79 Å². The molecule has 2 aliphatic heterocycles.